The van der Waals surface area contributed by atoms with E-state index in [9.17, 15) is 17.6 Å². The largest absolute Gasteiger partial charge is 0.468 e. The monoisotopic (exact) mass is 452 g/mol. The molecule has 1 amide bonds. The van der Waals surface area contributed by atoms with Gasteiger partial charge in [0.05, 0.1) is 23.3 Å². The first-order valence-corrected chi connectivity index (χ1v) is 10.0. The first-order chi connectivity index (χ1) is 12.8. The number of benzene rings is 2. The van der Waals surface area contributed by atoms with Crippen molar-refractivity contribution in [3.8, 4) is 0 Å². The second-order valence-electron chi connectivity index (χ2n) is 5.51. The summed E-state index contributed by atoms with van der Waals surface area (Å²) in [6.45, 7) is -0.00479. The average molecular weight is 453 g/mol. The summed E-state index contributed by atoms with van der Waals surface area (Å²) in [6.07, 6.45) is 1.45. The summed E-state index contributed by atoms with van der Waals surface area (Å²) in [4.78, 5) is 12.2. The van der Waals surface area contributed by atoms with Crippen molar-refractivity contribution in [1.29, 1.82) is 0 Å². The second kappa shape index (κ2) is 8.03. The third-order valence-corrected chi connectivity index (χ3v) is 5.48. The molecule has 0 unspecified atom stereocenters. The lowest BCUT2D eigenvalue weighted by atomic mass is 10.2. The fourth-order valence-electron chi connectivity index (χ4n) is 2.27. The van der Waals surface area contributed by atoms with E-state index in [0.29, 0.717) is 10.2 Å². The maximum absolute atomic E-state index is 13.8. The van der Waals surface area contributed by atoms with Gasteiger partial charge in [-0.1, -0.05) is 22.0 Å². The van der Waals surface area contributed by atoms with E-state index in [1.165, 1.54) is 48.7 Å². The molecule has 27 heavy (non-hydrogen) atoms. The molecule has 0 aliphatic heterocycles. The van der Waals surface area contributed by atoms with Crippen molar-refractivity contribution in [3.05, 3.63) is 82.5 Å². The Hall–Kier alpha value is -2.49. The lowest BCUT2D eigenvalue weighted by molar-refractivity contribution is 0.102. The minimum absolute atomic E-state index is 0.00479. The van der Waals surface area contributed by atoms with E-state index < -0.39 is 21.7 Å². The number of halogens is 2. The molecule has 140 valence electrons. The molecule has 0 atom stereocenters. The topological polar surface area (TPSA) is 88.4 Å². The molecule has 0 radical (unpaired) electrons. The predicted molar refractivity (Wildman–Crippen MR) is 101 cm³/mol. The van der Waals surface area contributed by atoms with Gasteiger partial charge in [0.2, 0.25) is 10.0 Å². The number of hydrogen-bond acceptors (Lipinski definition) is 4. The van der Waals surface area contributed by atoms with Crippen molar-refractivity contribution in [2.75, 3.05) is 5.32 Å². The van der Waals surface area contributed by atoms with Crippen LogP contribution in [0.15, 0.2) is 74.6 Å². The second-order valence-corrected chi connectivity index (χ2v) is 8.19. The first-order valence-electron chi connectivity index (χ1n) is 7.74. The standard InChI is InChI=1S/C18H14BrFN2O4S/c19-12-6-7-17(20)16(9-12)18(23)22-13-3-1-5-15(10-13)27(24,25)21-11-14-4-2-8-26-14/h1-10,21H,11H2,(H,22,23). The van der Waals surface area contributed by atoms with Gasteiger partial charge >= 0.3 is 0 Å². The Kier molecular flexibility index (Phi) is 5.73. The molecule has 0 fully saturated rings. The van der Waals surface area contributed by atoms with Crippen molar-refractivity contribution in [3.63, 3.8) is 0 Å². The summed E-state index contributed by atoms with van der Waals surface area (Å²) in [5, 5.41) is 2.50. The molecule has 2 aromatic carbocycles. The predicted octanol–water partition coefficient (Wildman–Crippen LogP) is 3.91. The van der Waals surface area contributed by atoms with Crippen LogP contribution in [0.5, 0.6) is 0 Å². The number of amides is 1. The van der Waals surface area contributed by atoms with Gasteiger partial charge in [-0.3, -0.25) is 4.79 Å². The van der Waals surface area contributed by atoms with Gasteiger partial charge in [0, 0.05) is 10.2 Å². The van der Waals surface area contributed by atoms with Crippen molar-refractivity contribution >= 4 is 37.5 Å². The van der Waals surface area contributed by atoms with E-state index in [2.05, 4.69) is 26.0 Å². The fourth-order valence-corrected chi connectivity index (χ4v) is 3.67. The number of hydrogen-bond donors (Lipinski definition) is 2. The summed E-state index contributed by atoms with van der Waals surface area (Å²) >= 11 is 3.18. The Morgan fingerprint density at radius 2 is 1.93 bits per heavy atom. The number of nitrogens with one attached hydrogen (secondary N) is 2. The molecule has 0 bridgehead atoms. The zero-order chi connectivity index (χ0) is 19.4. The van der Waals surface area contributed by atoms with Gasteiger partial charge in [-0.05, 0) is 48.5 Å². The van der Waals surface area contributed by atoms with E-state index in [-0.39, 0.29) is 22.7 Å². The zero-order valence-corrected chi connectivity index (χ0v) is 16.2. The number of anilines is 1. The third kappa shape index (κ3) is 4.82. The van der Waals surface area contributed by atoms with Crippen molar-refractivity contribution in [2.45, 2.75) is 11.4 Å². The Morgan fingerprint density at radius 3 is 2.67 bits per heavy atom. The van der Waals surface area contributed by atoms with Gasteiger partial charge < -0.3 is 9.73 Å². The third-order valence-electron chi connectivity index (χ3n) is 3.59. The van der Waals surface area contributed by atoms with Crippen LogP contribution in [-0.2, 0) is 16.6 Å². The molecule has 0 spiro atoms. The first kappa shape index (κ1) is 19.3. The molecule has 1 aromatic heterocycles. The van der Waals surface area contributed by atoms with Crippen LogP contribution in [0.1, 0.15) is 16.1 Å². The van der Waals surface area contributed by atoms with Crippen LogP contribution >= 0.6 is 15.9 Å². The number of sulfonamides is 1. The van der Waals surface area contributed by atoms with Gasteiger partial charge in [0.1, 0.15) is 11.6 Å². The van der Waals surface area contributed by atoms with Crippen LogP contribution in [0.25, 0.3) is 0 Å². The van der Waals surface area contributed by atoms with Crippen LogP contribution in [0.4, 0.5) is 10.1 Å². The molecule has 0 saturated carbocycles. The van der Waals surface area contributed by atoms with E-state index in [1.807, 2.05) is 0 Å². The molecule has 6 nitrogen and oxygen atoms in total. The Bertz CT molecular complexity index is 1070. The summed E-state index contributed by atoms with van der Waals surface area (Å²) in [7, 11) is -3.82. The molecule has 9 heteroatoms. The van der Waals surface area contributed by atoms with Gasteiger partial charge in [-0.15, -0.1) is 0 Å². The highest BCUT2D eigenvalue weighted by Crippen LogP contribution is 2.19. The van der Waals surface area contributed by atoms with E-state index >= 15 is 0 Å². The SMILES string of the molecule is O=C(Nc1cccc(S(=O)(=O)NCc2ccco2)c1)c1cc(Br)ccc1F. The molecule has 0 aliphatic carbocycles. The van der Waals surface area contributed by atoms with Gasteiger partial charge in [0.25, 0.3) is 5.91 Å². The lowest BCUT2D eigenvalue weighted by Crippen LogP contribution is -2.23. The van der Waals surface area contributed by atoms with Crippen molar-refractivity contribution in [2.24, 2.45) is 0 Å². The average Bonchev–Trinajstić information content (AvgIpc) is 3.16. The maximum atomic E-state index is 13.8. The maximum Gasteiger partial charge on any atom is 0.258 e. The summed E-state index contributed by atoms with van der Waals surface area (Å²) in [5.41, 5.74) is 0.0637. The van der Waals surface area contributed by atoms with E-state index in [0.717, 1.165) is 0 Å². The molecule has 2 N–H and O–H groups in total. The molecule has 0 saturated heterocycles. The van der Waals surface area contributed by atoms with Crippen LogP contribution in [0.3, 0.4) is 0 Å². The Morgan fingerprint density at radius 1 is 1.11 bits per heavy atom. The summed E-state index contributed by atoms with van der Waals surface area (Å²) in [5.74, 6) is -0.903. The molecular formula is C18H14BrFN2O4S. The lowest BCUT2D eigenvalue weighted by Gasteiger charge is -2.09. The Balaban J connectivity index is 1.76. The summed E-state index contributed by atoms with van der Waals surface area (Å²) < 4.78 is 46.7. The number of carbonyl (C=O) groups is 1. The highest BCUT2D eigenvalue weighted by molar-refractivity contribution is 9.10. The van der Waals surface area contributed by atoms with Gasteiger partial charge in [-0.25, -0.2) is 17.5 Å². The van der Waals surface area contributed by atoms with E-state index in [1.54, 1.807) is 12.1 Å². The fraction of sp³-hybridized carbons (Fsp3) is 0.0556. The Labute approximate surface area is 163 Å². The number of carbonyl (C=O) groups excluding carboxylic acids is 1. The minimum Gasteiger partial charge on any atom is -0.468 e. The number of rotatable bonds is 6. The highest BCUT2D eigenvalue weighted by atomic mass is 79.9. The van der Waals surface area contributed by atoms with Crippen LogP contribution in [0.2, 0.25) is 0 Å². The minimum atomic E-state index is -3.82. The highest BCUT2D eigenvalue weighted by Gasteiger charge is 2.17. The molecule has 3 aromatic rings. The van der Waals surface area contributed by atoms with Crippen LogP contribution < -0.4 is 10.0 Å². The van der Waals surface area contributed by atoms with Crippen LogP contribution in [0, 0.1) is 5.82 Å². The van der Waals surface area contributed by atoms with Crippen molar-refractivity contribution < 1.29 is 22.0 Å². The van der Waals surface area contributed by atoms with Gasteiger partial charge in [0.15, 0.2) is 0 Å². The molecule has 0 aliphatic rings. The summed E-state index contributed by atoms with van der Waals surface area (Å²) in [6, 6.07) is 13.0. The zero-order valence-electron chi connectivity index (χ0n) is 13.8. The van der Waals surface area contributed by atoms with Crippen LogP contribution in [-0.4, -0.2) is 14.3 Å². The molecule has 1 heterocycles. The molecular weight excluding hydrogens is 439 g/mol. The normalized spacial score (nSPS) is 11.3. The number of furan rings is 1. The quantitative estimate of drug-likeness (QED) is 0.593. The van der Waals surface area contributed by atoms with Gasteiger partial charge in [-0.2, -0.15) is 0 Å². The smallest absolute Gasteiger partial charge is 0.258 e. The molecule has 3 rings (SSSR count). The van der Waals surface area contributed by atoms with Crippen molar-refractivity contribution in [1.82, 2.24) is 4.72 Å². The van der Waals surface area contributed by atoms with E-state index in [4.69, 9.17) is 4.42 Å².